The van der Waals surface area contributed by atoms with Gasteiger partial charge in [0.05, 0.1) is 19.1 Å². The Labute approximate surface area is 162 Å². The largest absolute Gasteiger partial charge is 0.493 e. The van der Waals surface area contributed by atoms with Crippen molar-refractivity contribution in [2.45, 2.75) is 6.18 Å². The number of thiazole rings is 1. The summed E-state index contributed by atoms with van der Waals surface area (Å²) in [6, 6.07) is 12.5. The molecule has 0 spiro atoms. The van der Waals surface area contributed by atoms with Crippen LogP contribution in [0, 0.1) is 0 Å². The number of rotatable bonds is 5. The molecular weight excluding hydrogens is 393 g/mol. The van der Waals surface area contributed by atoms with Crippen molar-refractivity contribution in [2.75, 3.05) is 19.5 Å². The standard InChI is InChI=1S/C19H15F3N2O3S/c1-26-13-9-8-12(10-14(13)27-2)17(25)24-18-23-16(19(20,21)22)15(28-18)11-6-4-3-5-7-11/h3-10H,1-2H3,(H,23,24,25). The number of hydrogen-bond donors (Lipinski definition) is 1. The van der Waals surface area contributed by atoms with E-state index in [1.807, 2.05) is 0 Å². The summed E-state index contributed by atoms with van der Waals surface area (Å²) in [7, 11) is 2.87. The van der Waals surface area contributed by atoms with Gasteiger partial charge in [0.25, 0.3) is 5.91 Å². The molecule has 0 saturated heterocycles. The summed E-state index contributed by atoms with van der Waals surface area (Å²) in [4.78, 5) is 16.0. The van der Waals surface area contributed by atoms with Crippen molar-refractivity contribution in [2.24, 2.45) is 0 Å². The minimum Gasteiger partial charge on any atom is -0.493 e. The van der Waals surface area contributed by atoms with Crippen LogP contribution in [0.1, 0.15) is 16.1 Å². The molecule has 0 aliphatic carbocycles. The van der Waals surface area contributed by atoms with E-state index in [4.69, 9.17) is 9.47 Å². The highest BCUT2D eigenvalue weighted by Gasteiger charge is 2.38. The fourth-order valence-electron chi connectivity index (χ4n) is 2.50. The lowest BCUT2D eigenvalue weighted by atomic mass is 10.1. The van der Waals surface area contributed by atoms with E-state index in [0.717, 1.165) is 11.3 Å². The maximum absolute atomic E-state index is 13.4. The van der Waals surface area contributed by atoms with Crippen LogP contribution in [0.5, 0.6) is 11.5 Å². The van der Waals surface area contributed by atoms with Gasteiger partial charge in [0, 0.05) is 5.56 Å². The van der Waals surface area contributed by atoms with Crippen molar-refractivity contribution < 1.29 is 27.4 Å². The van der Waals surface area contributed by atoms with Crippen LogP contribution in [0.3, 0.4) is 0 Å². The smallest absolute Gasteiger partial charge is 0.434 e. The molecule has 0 unspecified atom stereocenters. The third kappa shape index (κ3) is 4.09. The molecule has 0 fully saturated rings. The van der Waals surface area contributed by atoms with Gasteiger partial charge in [-0.1, -0.05) is 41.7 Å². The summed E-state index contributed by atoms with van der Waals surface area (Å²) >= 11 is 0.761. The molecule has 28 heavy (non-hydrogen) atoms. The first-order valence-corrected chi connectivity index (χ1v) is 8.82. The maximum atomic E-state index is 13.4. The van der Waals surface area contributed by atoms with E-state index < -0.39 is 17.8 Å². The summed E-state index contributed by atoms with van der Waals surface area (Å²) in [6.07, 6.45) is -4.64. The van der Waals surface area contributed by atoms with Gasteiger partial charge in [0.15, 0.2) is 22.3 Å². The first kappa shape index (κ1) is 19.7. The van der Waals surface area contributed by atoms with Crippen LogP contribution in [0.4, 0.5) is 18.3 Å². The third-order valence-electron chi connectivity index (χ3n) is 3.80. The van der Waals surface area contributed by atoms with Crippen LogP contribution in [-0.4, -0.2) is 25.1 Å². The van der Waals surface area contributed by atoms with Gasteiger partial charge < -0.3 is 9.47 Å². The number of alkyl halides is 3. The second kappa shape index (κ2) is 7.89. The number of carbonyl (C=O) groups excluding carboxylic acids is 1. The van der Waals surface area contributed by atoms with E-state index in [1.165, 1.54) is 32.4 Å². The molecule has 3 aromatic rings. The van der Waals surface area contributed by atoms with Crippen molar-refractivity contribution in [1.82, 2.24) is 4.98 Å². The molecule has 3 rings (SSSR count). The molecule has 5 nitrogen and oxygen atoms in total. The topological polar surface area (TPSA) is 60.5 Å². The third-order valence-corrected chi connectivity index (χ3v) is 4.82. The van der Waals surface area contributed by atoms with E-state index in [0.29, 0.717) is 17.1 Å². The van der Waals surface area contributed by atoms with Gasteiger partial charge in [-0.3, -0.25) is 10.1 Å². The highest BCUT2D eigenvalue weighted by Crippen LogP contribution is 2.42. The fraction of sp³-hybridized carbons (Fsp3) is 0.158. The van der Waals surface area contributed by atoms with Crippen LogP contribution in [0.15, 0.2) is 48.5 Å². The van der Waals surface area contributed by atoms with E-state index in [9.17, 15) is 18.0 Å². The number of amides is 1. The van der Waals surface area contributed by atoms with E-state index in [2.05, 4.69) is 10.3 Å². The molecule has 0 bridgehead atoms. The average Bonchev–Trinajstić information content (AvgIpc) is 3.12. The van der Waals surface area contributed by atoms with Crippen molar-refractivity contribution >= 4 is 22.4 Å². The van der Waals surface area contributed by atoms with Gasteiger partial charge in [0.2, 0.25) is 0 Å². The zero-order valence-corrected chi connectivity index (χ0v) is 15.6. The molecule has 0 radical (unpaired) electrons. The number of anilines is 1. The Kier molecular flexibility index (Phi) is 5.55. The van der Waals surface area contributed by atoms with Gasteiger partial charge in [-0.2, -0.15) is 13.2 Å². The summed E-state index contributed by atoms with van der Waals surface area (Å²) in [5, 5.41) is 2.27. The lowest BCUT2D eigenvalue weighted by Gasteiger charge is -2.09. The monoisotopic (exact) mass is 408 g/mol. The SMILES string of the molecule is COc1ccc(C(=O)Nc2nc(C(F)(F)F)c(-c3ccccc3)s2)cc1OC. The van der Waals surface area contributed by atoms with Crippen molar-refractivity contribution in [3.05, 3.63) is 59.8 Å². The molecule has 0 aliphatic heterocycles. The number of halogens is 3. The number of nitrogens with one attached hydrogen (secondary N) is 1. The zero-order chi connectivity index (χ0) is 20.3. The van der Waals surface area contributed by atoms with E-state index in [-0.39, 0.29) is 15.6 Å². The molecule has 1 heterocycles. The number of aromatic nitrogens is 1. The Balaban J connectivity index is 1.93. The molecule has 0 saturated carbocycles. The Morgan fingerprint density at radius 1 is 1.04 bits per heavy atom. The molecule has 0 aliphatic rings. The molecule has 2 aromatic carbocycles. The van der Waals surface area contributed by atoms with Gasteiger partial charge in [-0.15, -0.1) is 0 Å². The number of carbonyl (C=O) groups is 1. The summed E-state index contributed by atoms with van der Waals surface area (Å²) in [6.45, 7) is 0. The number of nitrogens with zero attached hydrogens (tertiary/aromatic N) is 1. The number of benzene rings is 2. The summed E-state index contributed by atoms with van der Waals surface area (Å²) in [5.74, 6) is 0.150. The molecule has 1 amide bonds. The molecule has 146 valence electrons. The van der Waals surface area contributed by atoms with E-state index >= 15 is 0 Å². The highest BCUT2D eigenvalue weighted by molar-refractivity contribution is 7.19. The van der Waals surface area contributed by atoms with Crippen LogP contribution < -0.4 is 14.8 Å². The van der Waals surface area contributed by atoms with E-state index in [1.54, 1.807) is 30.3 Å². The highest BCUT2D eigenvalue weighted by atomic mass is 32.1. The molecular formula is C19H15F3N2O3S. The van der Waals surface area contributed by atoms with Gasteiger partial charge >= 0.3 is 6.18 Å². The quantitative estimate of drug-likeness (QED) is 0.638. The van der Waals surface area contributed by atoms with Crippen LogP contribution in [0.2, 0.25) is 0 Å². The van der Waals surface area contributed by atoms with Gasteiger partial charge in [0.1, 0.15) is 0 Å². The maximum Gasteiger partial charge on any atom is 0.434 e. The molecule has 1 N–H and O–H groups in total. The first-order valence-electron chi connectivity index (χ1n) is 8.00. The normalized spacial score (nSPS) is 11.2. The number of methoxy groups -OCH3 is 2. The van der Waals surface area contributed by atoms with Crippen molar-refractivity contribution in [1.29, 1.82) is 0 Å². The Morgan fingerprint density at radius 3 is 2.32 bits per heavy atom. The average molecular weight is 408 g/mol. The second-order valence-electron chi connectivity index (χ2n) is 5.58. The Morgan fingerprint density at radius 2 is 1.71 bits per heavy atom. The first-order chi connectivity index (χ1) is 13.3. The van der Waals surface area contributed by atoms with Crippen LogP contribution in [0.25, 0.3) is 10.4 Å². The Hall–Kier alpha value is -3.07. The van der Waals surface area contributed by atoms with Crippen LogP contribution >= 0.6 is 11.3 Å². The molecule has 9 heteroatoms. The van der Waals surface area contributed by atoms with Crippen LogP contribution in [-0.2, 0) is 6.18 Å². The zero-order valence-electron chi connectivity index (χ0n) is 14.8. The Bertz CT molecular complexity index is 988. The number of ether oxygens (including phenoxy) is 2. The predicted molar refractivity (Wildman–Crippen MR) is 100 cm³/mol. The predicted octanol–water partition coefficient (Wildman–Crippen LogP) is 5.10. The van der Waals surface area contributed by atoms with Gasteiger partial charge in [-0.05, 0) is 23.8 Å². The lowest BCUT2D eigenvalue weighted by Crippen LogP contribution is -2.13. The summed E-state index contributed by atoms with van der Waals surface area (Å²) < 4.78 is 50.4. The van der Waals surface area contributed by atoms with Crippen molar-refractivity contribution in [3.8, 4) is 21.9 Å². The second-order valence-corrected chi connectivity index (χ2v) is 6.58. The minimum atomic E-state index is -4.64. The summed E-state index contributed by atoms with van der Waals surface area (Å²) in [5.41, 5.74) is -0.465. The minimum absolute atomic E-state index is 0.0595. The molecule has 0 atom stereocenters. The van der Waals surface area contributed by atoms with Crippen molar-refractivity contribution in [3.63, 3.8) is 0 Å². The number of hydrogen-bond acceptors (Lipinski definition) is 5. The fourth-order valence-corrected chi connectivity index (χ4v) is 3.48. The molecule has 1 aromatic heterocycles. The lowest BCUT2D eigenvalue weighted by molar-refractivity contribution is -0.140. The van der Waals surface area contributed by atoms with Gasteiger partial charge in [-0.25, -0.2) is 4.98 Å².